The summed E-state index contributed by atoms with van der Waals surface area (Å²) in [6.45, 7) is 7.09. The van der Waals surface area contributed by atoms with Crippen LogP contribution in [0.15, 0.2) is 34.8 Å². The van der Waals surface area contributed by atoms with Crippen LogP contribution in [0.4, 0.5) is 9.93 Å². The van der Waals surface area contributed by atoms with E-state index in [2.05, 4.69) is 36.9 Å². The summed E-state index contributed by atoms with van der Waals surface area (Å²) in [5.41, 5.74) is 3.19. The van der Waals surface area contributed by atoms with Crippen LogP contribution in [0, 0.1) is 0 Å². The highest BCUT2D eigenvalue weighted by Gasteiger charge is 2.21. The van der Waals surface area contributed by atoms with Gasteiger partial charge in [0.05, 0.1) is 22.3 Å². The largest absolute Gasteiger partial charge is 0.491 e. The van der Waals surface area contributed by atoms with Gasteiger partial charge in [-0.1, -0.05) is 27.3 Å². The van der Waals surface area contributed by atoms with Crippen molar-refractivity contribution in [3.05, 3.63) is 34.8 Å². The maximum absolute atomic E-state index is 12.1. The van der Waals surface area contributed by atoms with Gasteiger partial charge in [0, 0.05) is 16.6 Å². The van der Waals surface area contributed by atoms with Crippen molar-refractivity contribution < 1.29 is 14.3 Å². The van der Waals surface area contributed by atoms with E-state index in [0.717, 1.165) is 62.2 Å². The summed E-state index contributed by atoms with van der Waals surface area (Å²) < 4.78 is 15.5. The third-order valence-corrected chi connectivity index (χ3v) is 6.45. The fraction of sp³-hybridized carbons (Fsp3) is 0.348. The average Bonchev–Trinajstić information content (AvgIpc) is 3.23. The molecular weight excluding hydrogens is 492 g/mol. The van der Waals surface area contributed by atoms with Gasteiger partial charge in [-0.2, -0.15) is 0 Å². The third-order valence-electron chi connectivity index (χ3n) is 5.06. The number of rotatable bonds is 2. The minimum absolute atomic E-state index is 0.508. The van der Waals surface area contributed by atoms with E-state index in [1.54, 1.807) is 0 Å². The van der Waals surface area contributed by atoms with Gasteiger partial charge in [0.25, 0.3) is 0 Å². The number of ether oxygens (including phenoxy) is 2. The SMILES string of the molecule is CC(C)(C)OC(=O)Nc1nc2ccc(-c3nc4cc(Br)cc5c4n3CCCCO5)cc2s1. The number of nitrogens with one attached hydrogen (secondary N) is 1. The molecule has 2 aromatic carbocycles. The van der Waals surface area contributed by atoms with Crippen LogP contribution in [0.5, 0.6) is 5.75 Å². The van der Waals surface area contributed by atoms with Crippen LogP contribution < -0.4 is 10.1 Å². The summed E-state index contributed by atoms with van der Waals surface area (Å²) in [6, 6.07) is 10.1. The van der Waals surface area contributed by atoms with Crippen LogP contribution in [-0.2, 0) is 11.3 Å². The van der Waals surface area contributed by atoms with Crippen LogP contribution in [0.2, 0.25) is 0 Å². The van der Waals surface area contributed by atoms with Crippen LogP contribution in [-0.4, -0.2) is 32.8 Å². The maximum atomic E-state index is 12.1. The van der Waals surface area contributed by atoms with Gasteiger partial charge >= 0.3 is 6.09 Å². The fourth-order valence-electron chi connectivity index (χ4n) is 3.81. The predicted molar refractivity (Wildman–Crippen MR) is 131 cm³/mol. The van der Waals surface area contributed by atoms with Crippen LogP contribution in [0.25, 0.3) is 32.6 Å². The molecule has 7 nitrogen and oxygen atoms in total. The molecule has 1 amide bonds. The Morgan fingerprint density at radius 1 is 1.19 bits per heavy atom. The van der Waals surface area contributed by atoms with Crippen molar-refractivity contribution in [1.29, 1.82) is 0 Å². The molecule has 32 heavy (non-hydrogen) atoms. The molecular formula is C23H23BrN4O3S. The minimum atomic E-state index is -0.562. The monoisotopic (exact) mass is 514 g/mol. The Morgan fingerprint density at radius 2 is 2.03 bits per heavy atom. The molecule has 5 rings (SSSR count). The molecule has 0 saturated heterocycles. The quantitative estimate of drug-likeness (QED) is 0.326. The van der Waals surface area contributed by atoms with Crippen molar-refractivity contribution in [3.8, 4) is 17.1 Å². The van der Waals surface area contributed by atoms with E-state index in [0.29, 0.717) is 11.7 Å². The second-order valence-electron chi connectivity index (χ2n) is 8.74. The average molecular weight is 515 g/mol. The van der Waals surface area contributed by atoms with Crippen LogP contribution in [0.1, 0.15) is 33.6 Å². The van der Waals surface area contributed by atoms with E-state index in [-0.39, 0.29) is 0 Å². The highest BCUT2D eigenvalue weighted by Crippen LogP contribution is 2.37. The number of carbonyl (C=O) groups excluding carboxylic acids is 1. The molecule has 1 N–H and O–H groups in total. The minimum Gasteiger partial charge on any atom is -0.491 e. The zero-order chi connectivity index (χ0) is 22.5. The lowest BCUT2D eigenvalue weighted by atomic mass is 10.2. The van der Waals surface area contributed by atoms with Crippen LogP contribution in [0.3, 0.4) is 0 Å². The Morgan fingerprint density at radius 3 is 2.84 bits per heavy atom. The summed E-state index contributed by atoms with van der Waals surface area (Å²) in [7, 11) is 0. The molecule has 0 radical (unpaired) electrons. The van der Waals surface area contributed by atoms with Gasteiger partial charge in [-0.05, 0) is 63.9 Å². The number of fused-ring (bicyclic) bond motifs is 1. The van der Waals surface area contributed by atoms with Gasteiger partial charge in [0.1, 0.15) is 22.7 Å². The van der Waals surface area contributed by atoms with E-state index in [1.807, 2.05) is 45.0 Å². The van der Waals surface area contributed by atoms with Crippen molar-refractivity contribution >= 4 is 59.7 Å². The molecule has 0 unspecified atom stereocenters. The second-order valence-corrected chi connectivity index (χ2v) is 10.7. The van der Waals surface area contributed by atoms with E-state index in [4.69, 9.17) is 14.5 Å². The first-order chi connectivity index (χ1) is 15.3. The zero-order valence-corrected chi connectivity index (χ0v) is 20.5. The zero-order valence-electron chi connectivity index (χ0n) is 18.1. The fourth-order valence-corrected chi connectivity index (χ4v) is 5.12. The number of halogens is 1. The van der Waals surface area contributed by atoms with Gasteiger partial charge in [-0.15, -0.1) is 0 Å². The Hall–Kier alpha value is -2.65. The number of aryl methyl sites for hydroxylation is 1. The van der Waals surface area contributed by atoms with Crippen molar-refractivity contribution in [2.45, 2.75) is 45.8 Å². The van der Waals surface area contributed by atoms with Crippen molar-refractivity contribution in [3.63, 3.8) is 0 Å². The number of benzene rings is 2. The lowest BCUT2D eigenvalue weighted by molar-refractivity contribution is 0.0636. The van der Waals surface area contributed by atoms with E-state index in [9.17, 15) is 4.79 Å². The first-order valence-electron chi connectivity index (χ1n) is 10.5. The van der Waals surface area contributed by atoms with E-state index in [1.165, 1.54) is 11.3 Å². The predicted octanol–water partition coefficient (Wildman–Crippen LogP) is 6.60. The van der Waals surface area contributed by atoms with Gasteiger partial charge in [-0.3, -0.25) is 5.32 Å². The lowest BCUT2D eigenvalue weighted by Gasteiger charge is -2.18. The topological polar surface area (TPSA) is 78.3 Å². The molecule has 0 fully saturated rings. The summed E-state index contributed by atoms with van der Waals surface area (Å²) in [5, 5.41) is 3.24. The molecule has 9 heteroatoms. The van der Waals surface area contributed by atoms with Crippen LogP contribution >= 0.6 is 27.3 Å². The number of imidazole rings is 1. The normalized spacial score (nSPS) is 14.1. The number of hydrogen-bond acceptors (Lipinski definition) is 6. The van der Waals surface area contributed by atoms with Crippen molar-refractivity contribution in [1.82, 2.24) is 14.5 Å². The third kappa shape index (κ3) is 4.19. The molecule has 1 aliphatic rings. The van der Waals surface area contributed by atoms with E-state index < -0.39 is 11.7 Å². The molecule has 0 spiro atoms. The Kier molecular flexibility index (Phi) is 5.33. The molecule has 3 heterocycles. The number of nitrogens with zero attached hydrogens (tertiary/aromatic N) is 3. The number of hydrogen-bond donors (Lipinski definition) is 1. The molecule has 4 aromatic rings. The second kappa shape index (κ2) is 8.04. The summed E-state index contributed by atoms with van der Waals surface area (Å²) in [4.78, 5) is 21.6. The molecule has 2 aromatic heterocycles. The number of amides is 1. The number of aromatic nitrogens is 3. The standard InChI is InChI=1S/C23H23BrN4O3S/c1-23(2,3)31-22(29)27-21-26-15-7-6-13(10-18(15)32-21)20-25-16-11-14(24)12-17-19(16)28(20)8-4-5-9-30-17/h6-7,10-12H,4-5,8-9H2,1-3H3,(H,26,27,29). The van der Waals surface area contributed by atoms with Gasteiger partial charge in [0.2, 0.25) is 0 Å². The molecule has 1 aliphatic heterocycles. The first-order valence-corrected chi connectivity index (χ1v) is 12.1. The summed E-state index contributed by atoms with van der Waals surface area (Å²) >= 11 is 4.99. The highest BCUT2D eigenvalue weighted by atomic mass is 79.9. The van der Waals surface area contributed by atoms with Crippen molar-refractivity contribution in [2.24, 2.45) is 0 Å². The molecule has 0 aliphatic carbocycles. The van der Waals surface area contributed by atoms with Gasteiger partial charge < -0.3 is 14.0 Å². The lowest BCUT2D eigenvalue weighted by Crippen LogP contribution is -2.27. The number of carbonyl (C=O) groups is 1. The smallest absolute Gasteiger partial charge is 0.413 e. The number of thiazole rings is 1. The molecule has 0 atom stereocenters. The first kappa shape index (κ1) is 21.2. The van der Waals surface area contributed by atoms with Gasteiger partial charge in [0.15, 0.2) is 5.13 Å². The Bertz CT molecular complexity index is 1340. The van der Waals surface area contributed by atoms with Crippen molar-refractivity contribution in [2.75, 3.05) is 11.9 Å². The number of anilines is 1. The summed E-state index contributed by atoms with van der Waals surface area (Å²) in [6.07, 6.45) is 1.52. The Labute approximate surface area is 197 Å². The summed E-state index contributed by atoms with van der Waals surface area (Å²) in [5.74, 6) is 1.76. The van der Waals surface area contributed by atoms with E-state index >= 15 is 0 Å². The van der Waals surface area contributed by atoms with Gasteiger partial charge in [-0.25, -0.2) is 14.8 Å². The molecule has 0 bridgehead atoms. The molecule has 166 valence electrons. The Balaban J connectivity index is 1.54. The molecule has 0 saturated carbocycles. The highest BCUT2D eigenvalue weighted by molar-refractivity contribution is 9.10. The maximum Gasteiger partial charge on any atom is 0.413 e.